The van der Waals surface area contributed by atoms with Crippen molar-refractivity contribution in [3.05, 3.63) is 30.9 Å². The number of nitrogens with one attached hydrogen (secondary N) is 1. The van der Waals surface area contributed by atoms with E-state index in [1.807, 2.05) is 13.8 Å². The number of fused-ring (bicyclic) bond motifs is 1. The number of amides is 2. The number of hydrogen-bond acceptors (Lipinski definition) is 4. The number of hydrogen-bond donors (Lipinski definition) is 1. The maximum atomic E-state index is 12.8. The highest BCUT2D eigenvalue weighted by atomic mass is 16.5. The van der Waals surface area contributed by atoms with Crippen molar-refractivity contribution < 1.29 is 19.1 Å². The highest BCUT2D eigenvalue weighted by Gasteiger charge is 2.37. The average molecular weight is 344 g/mol. The molecule has 0 aromatic heterocycles. The molecule has 2 aliphatic heterocycles. The average Bonchev–Trinajstić information content (AvgIpc) is 3.10. The van der Waals surface area contributed by atoms with Gasteiger partial charge in [0.05, 0.1) is 11.1 Å². The maximum absolute atomic E-state index is 12.8. The number of rotatable bonds is 4. The minimum Gasteiger partial charge on any atom is -0.490 e. The Bertz CT molecular complexity index is 693. The molecule has 2 aliphatic rings. The lowest BCUT2D eigenvalue weighted by Gasteiger charge is -2.27. The second-order valence-corrected chi connectivity index (χ2v) is 7.05. The van der Waals surface area contributed by atoms with Gasteiger partial charge >= 0.3 is 0 Å². The van der Waals surface area contributed by atoms with E-state index in [-0.39, 0.29) is 18.4 Å². The van der Waals surface area contributed by atoms with Crippen LogP contribution in [0.2, 0.25) is 0 Å². The summed E-state index contributed by atoms with van der Waals surface area (Å²) in [6, 6.07) is 5.33. The van der Waals surface area contributed by atoms with E-state index in [9.17, 15) is 9.59 Å². The summed E-state index contributed by atoms with van der Waals surface area (Å²) >= 11 is 0. The predicted molar refractivity (Wildman–Crippen MR) is 95.9 cm³/mol. The van der Waals surface area contributed by atoms with Gasteiger partial charge in [0.25, 0.3) is 5.91 Å². The van der Waals surface area contributed by atoms with E-state index in [1.165, 1.54) is 0 Å². The first-order chi connectivity index (χ1) is 11.9. The molecule has 1 aromatic rings. The van der Waals surface area contributed by atoms with E-state index in [1.54, 1.807) is 29.2 Å². The van der Waals surface area contributed by atoms with E-state index in [2.05, 4.69) is 11.9 Å². The topological polar surface area (TPSA) is 67.9 Å². The van der Waals surface area contributed by atoms with Gasteiger partial charge in [0, 0.05) is 24.9 Å². The lowest BCUT2D eigenvalue weighted by atomic mass is 9.93. The summed E-state index contributed by atoms with van der Waals surface area (Å²) in [5, 5.41) is 2.87. The molecule has 3 rings (SSSR count). The second-order valence-electron chi connectivity index (χ2n) is 7.05. The van der Waals surface area contributed by atoms with Gasteiger partial charge in [0.2, 0.25) is 5.91 Å². The first-order valence-electron chi connectivity index (χ1n) is 8.54. The van der Waals surface area contributed by atoms with Crippen LogP contribution in [-0.4, -0.2) is 37.7 Å². The molecule has 2 amide bonds. The Morgan fingerprint density at radius 2 is 2.28 bits per heavy atom. The van der Waals surface area contributed by atoms with Gasteiger partial charge in [-0.05, 0) is 38.8 Å². The van der Waals surface area contributed by atoms with Crippen molar-refractivity contribution in [1.82, 2.24) is 0 Å². The Morgan fingerprint density at radius 3 is 2.96 bits per heavy atom. The molecule has 1 aromatic carbocycles. The fourth-order valence-electron chi connectivity index (χ4n) is 3.04. The van der Waals surface area contributed by atoms with Crippen molar-refractivity contribution in [2.24, 2.45) is 5.41 Å². The van der Waals surface area contributed by atoms with Crippen LogP contribution in [0.15, 0.2) is 30.9 Å². The Labute approximate surface area is 147 Å². The van der Waals surface area contributed by atoms with E-state index in [0.717, 1.165) is 12.8 Å². The molecule has 0 radical (unpaired) electrons. The van der Waals surface area contributed by atoms with Gasteiger partial charge in [-0.3, -0.25) is 9.59 Å². The van der Waals surface area contributed by atoms with Crippen LogP contribution in [0.25, 0.3) is 0 Å². The number of carbonyl (C=O) groups excluding carboxylic acids is 2. The van der Waals surface area contributed by atoms with E-state index >= 15 is 0 Å². The minimum absolute atomic E-state index is 0.0118. The smallest absolute Gasteiger partial charge is 0.253 e. The molecule has 0 saturated carbocycles. The summed E-state index contributed by atoms with van der Waals surface area (Å²) in [6.07, 6.45) is 2.94. The van der Waals surface area contributed by atoms with Crippen molar-refractivity contribution in [2.45, 2.75) is 32.8 Å². The van der Waals surface area contributed by atoms with Gasteiger partial charge in [0.15, 0.2) is 0 Å². The molecule has 134 valence electrons. The lowest BCUT2D eigenvalue weighted by molar-refractivity contribution is -0.127. The predicted octanol–water partition coefficient (Wildman–Crippen LogP) is 2.74. The third-order valence-electron chi connectivity index (χ3n) is 4.46. The molecular formula is C19H24N2O4. The molecule has 1 atom stereocenters. The van der Waals surface area contributed by atoms with E-state index in [0.29, 0.717) is 30.3 Å². The molecule has 1 fully saturated rings. The van der Waals surface area contributed by atoms with Crippen LogP contribution in [-0.2, 0) is 14.3 Å². The molecule has 25 heavy (non-hydrogen) atoms. The van der Waals surface area contributed by atoms with Crippen LogP contribution < -0.4 is 15.0 Å². The van der Waals surface area contributed by atoms with Crippen LogP contribution in [0.3, 0.4) is 0 Å². The van der Waals surface area contributed by atoms with Crippen LogP contribution >= 0.6 is 0 Å². The van der Waals surface area contributed by atoms with Crippen LogP contribution in [0.4, 0.5) is 11.4 Å². The summed E-state index contributed by atoms with van der Waals surface area (Å²) in [4.78, 5) is 26.7. The summed E-state index contributed by atoms with van der Waals surface area (Å²) in [7, 11) is 0. The van der Waals surface area contributed by atoms with Gasteiger partial charge in [0.1, 0.15) is 18.5 Å². The zero-order chi connectivity index (χ0) is 18.0. The maximum Gasteiger partial charge on any atom is 0.253 e. The normalized spacial score (nSPS) is 21.9. The minimum atomic E-state index is -0.636. The third kappa shape index (κ3) is 3.54. The van der Waals surface area contributed by atoms with Crippen molar-refractivity contribution in [3.63, 3.8) is 0 Å². The van der Waals surface area contributed by atoms with Crippen LogP contribution in [0.1, 0.15) is 26.7 Å². The molecular weight excluding hydrogens is 320 g/mol. The highest BCUT2D eigenvalue weighted by Crippen LogP contribution is 2.38. The van der Waals surface area contributed by atoms with E-state index in [4.69, 9.17) is 9.47 Å². The van der Waals surface area contributed by atoms with Crippen LogP contribution in [0, 0.1) is 5.41 Å². The fourth-order valence-corrected chi connectivity index (χ4v) is 3.04. The van der Waals surface area contributed by atoms with E-state index < -0.39 is 11.5 Å². The standard InChI is InChI=1S/C19H24N2O4/c1-4-9-21-14-8-7-13(20-17(22)15-6-5-10-24-15)11-16(14)25-12-19(2,3)18(21)23/h4,7-8,11,15H,1,5-6,9-10,12H2,2-3H3,(H,20,22). The van der Waals surface area contributed by atoms with Gasteiger partial charge in [-0.1, -0.05) is 6.08 Å². The number of ether oxygens (including phenoxy) is 2. The SMILES string of the molecule is C=CCN1C(=O)C(C)(C)COc2cc(NC(=O)C3CCCO3)ccc21. The fraction of sp³-hybridized carbons (Fsp3) is 0.474. The van der Waals surface area contributed by atoms with Gasteiger partial charge in [-0.25, -0.2) is 0 Å². The van der Waals surface area contributed by atoms with Gasteiger partial charge in [-0.2, -0.15) is 0 Å². The molecule has 0 spiro atoms. The summed E-state index contributed by atoms with van der Waals surface area (Å²) < 4.78 is 11.3. The quantitative estimate of drug-likeness (QED) is 0.853. The molecule has 6 heteroatoms. The lowest BCUT2D eigenvalue weighted by Crippen LogP contribution is -2.42. The van der Waals surface area contributed by atoms with Gasteiger partial charge < -0.3 is 19.7 Å². The Morgan fingerprint density at radius 1 is 1.48 bits per heavy atom. The zero-order valence-electron chi connectivity index (χ0n) is 14.7. The van der Waals surface area contributed by atoms with Gasteiger partial charge in [-0.15, -0.1) is 6.58 Å². The summed E-state index contributed by atoms with van der Waals surface area (Å²) in [6.45, 7) is 8.75. The molecule has 1 saturated heterocycles. The molecule has 2 heterocycles. The largest absolute Gasteiger partial charge is 0.490 e. The molecule has 1 N–H and O–H groups in total. The number of carbonyl (C=O) groups is 2. The highest BCUT2D eigenvalue weighted by molar-refractivity contribution is 6.00. The zero-order valence-corrected chi connectivity index (χ0v) is 14.7. The first-order valence-corrected chi connectivity index (χ1v) is 8.54. The second kappa shape index (κ2) is 6.88. The van der Waals surface area contributed by atoms with Crippen molar-refractivity contribution in [3.8, 4) is 5.75 Å². The summed E-state index contributed by atoms with van der Waals surface area (Å²) in [5.41, 5.74) is 0.680. The van der Waals surface area contributed by atoms with Crippen molar-refractivity contribution in [1.29, 1.82) is 0 Å². The van der Waals surface area contributed by atoms with Crippen molar-refractivity contribution in [2.75, 3.05) is 30.0 Å². The summed E-state index contributed by atoms with van der Waals surface area (Å²) in [5.74, 6) is 0.415. The number of benzene rings is 1. The molecule has 1 unspecified atom stereocenters. The molecule has 6 nitrogen and oxygen atoms in total. The Balaban J connectivity index is 1.86. The molecule has 0 bridgehead atoms. The van der Waals surface area contributed by atoms with Crippen molar-refractivity contribution >= 4 is 23.2 Å². The number of anilines is 2. The van der Waals surface area contributed by atoms with Crippen LogP contribution in [0.5, 0.6) is 5.75 Å². The first kappa shape index (κ1) is 17.5. The Hall–Kier alpha value is -2.34. The molecule has 0 aliphatic carbocycles. The number of nitrogens with zero attached hydrogens (tertiary/aromatic N) is 1. The Kier molecular flexibility index (Phi) is 4.81. The monoisotopic (exact) mass is 344 g/mol. The third-order valence-corrected chi connectivity index (χ3v) is 4.46.